The molecule has 0 radical (unpaired) electrons. The molecule has 1 rings (SSSR count). The van der Waals surface area contributed by atoms with Gasteiger partial charge in [0.05, 0.1) is 39.6 Å². The lowest BCUT2D eigenvalue weighted by Gasteiger charge is -2.31. The van der Waals surface area contributed by atoms with Crippen LogP contribution in [0.1, 0.15) is 26.7 Å². The molecule has 1 aromatic rings. The molecule has 0 bridgehead atoms. The van der Waals surface area contributed by atoms with E-state index in [4.69, 9.17) is 0 Å². The molecule has 0 atom stereocenters. The van der Waals surface area contributed by atoms with Crippen LogP contribution in [0.5, 0.6) is 0 Å². The number of hydrogen-bond acceptors (Lipinski definition) is 3. The Morgan fingerprint density at radius 1 is 1.05 bits per heavy atom. The SMILES string of the molecule is CCC(CC)(C(=O)[O-])C(=O)Nc1ccccc1.C[N+](C)(C)C. The summed E-state index contributed by atoms with van der Waals surface area (Å²) < 4.78 is 1.00. The van der Waals surface area contributed by atoms with Crippen LogP contribution in [0.4, 0.5) is 5.69 Å². The summed E-state index contributed by atoms with van der Waals surface area (Å²) in [5.74, 6) is -1.84. The standard InChI is InChI=1S/C13H17NO3.C4H12N/c1-3-13(4-2,12(16)17)11(15)14-10-8-6-5-7-9-10;1-5(2,3)4/h5-9H,3-4H2,1-2H3,(H,14,15)(H,16,17);1-4H3/q;+1/p-1. The Kier molecular flexibility index (Phi) is 7.81. The number of amides is 1. The Morgan fingerprint density at radius 2 is 1.45 bits per heavy atom. The third-order valence-electron chi connectivity index (χ3n) is 3.06. The average Bonchev–Trinajstić information content (AvgIpc) is 2.39. The van der Waals surface area contributed by atoms with Crippen LogP contribution in [0.2, 0.25) is 0 Å². The van der Waals surface area contributed by atoms with Crippen molar-refractivity contribution in [2.45, 2.75) is 26.7 Å². The third kappa shape index (κ3) is 6.72. The maximum Gasteiger partial charge on any atom is 0.236 e. The van der Waals surface area contributed by atoms with Crippen LogP contribution in [-0.2, 0) is 9.59 Å². The van der Waals surface area contributed by atoms with Crippen molar-refractivity contribution in [1.29, 1.82) is 0 Å². The van der Waals surface area contributed by atoms with Crippen molar-refractivity contribution < 1.29 is 19.2 Å². The molecule has 0 unspecified atom stereocenters. The maximum atomic E-state index is 12.0. The Labute approximate surface area is 133 Å². The molecule has 0 saturated carbocycles. The van der Waals surface area contributed by atoms with Crippen LogP contribution in [0.25, 0.3) is 0 Å². The summed E-state index contributed by atoms with van der Waals surface area (Å²) in [6.45, 7) is 3.34. The second-order valence-corrected chi connectivity index (χ2v) is 6.58. The predicted octanol–water partition coefficient (Wildman–Crippen LogP) is 1.50. The minimum atomic E-state index is -1.45. The maximum absolute atomic E-state index is 12.0. The number of aliphatic carboxylic acids is 1. The van der Waals surface area contributed by atoms with E-state index in [-0.39, 0.29) is 12.8 Å². The van der Waals surface area contributed by atoms with Gasteiger partial charge in [-0.15, -0.1) is 0 Å². The molecule has 0 aromatic heterocycles. The molecular weight excluding hydrogens is 280 g/mol. The van der Waals surface area contributed by atoms with E-state index >= 15 is 0 Å². The number of rotatable bonds is 5. The van der Waals surface area contributed by atoms with Crippen molar-refractivity contribution in [2.24, 2.45) is 5.41 Å². The second kappa shape index (κ2) is 8.54. The normalized spacial score (nSPS) is 11.2. The second-order valence-electron chi connectivity index (χ2n) is 6.58. The molecule has 0 fully saturated rings. The number of nitrogens with one attached hydrogen (secondary N) is 1. The lowest BCUT2D eigenvalue weighted by atomic mass is 9.81. The Morgan fingerprint density at radius 3 is 1.77 bits per heavy atom. The lowest BCUT2D eigenvalue weighted by molar-refractivity contribution is -0.849. The van der Waals surface area contributed by atoms with Crippen molar-refractivity contribution in [3.05, 3.63) is 30.3 Å². The zero-order valence-corrected chi connectivity index (χ0v) is 14.5. The number of carbonyl (C=O) groups excluding carboxylic acids is 2. The first-order valence-corrected chi connectivity index (χ1v) is 7.43. The summed E-state index contributed by atoms with van der Waals surface area (Å²) in [4.78, 5) is 23.1. The highest BCUT2D eigenvalue weighted by atomic mass is 16.4. The van der Waals surface area contributed by atoms with Crippen molar-refractivity contribution in [2.75, 3.05) is 33.5 Å². The van der Waals surface area contributed by atoms with E-state index in [9.17, 15) is 14.7 Å². The van der Waals surface area contributed by atoms with Gasteiger partial charge in [-0.3, -0.25) is 4.79 Å². The number of carbonyl (C=O) groups is 2. The van der Waals surface area contributed by atoms with Gasteiger partial charge in [-0.25, -0.2) is 0 Å². The number of hydrogen-bond donors (Lipinski definition) is 1. The van der Waals surface area contributed by atoms with E-state index in [1.165, 1.54) is 0 Å². The smallest absolute Gasteiger partial charge is 0.236 e. The number of carboxylic acids is 1. The lowest BCUT2D eigenvalue weighted by Crippen LogP contribution is -2.49. The van der Waals surface area contributed by atoms with E-state index in [0.29, 0.717) is 5.69 Å². The van der Waals surface area contributed by atoms with Crippen LogP contribution in [0.15, 0.2) is 30.3 Å². The zero-order chi connectivity index (χ0) is 17.4. The number of para-hydroxylation sites is 1. The van der Waals surface area contributed by atoms with Gasteiger partial charge in [-0.1, -0.05) is 32.0 Å². The number of nitrogens with zero attached hydrogens (tertiary/aromatic N) is 1. The molecule has 5 nitrogen and oxygen atoms in total. The van der Waals surface area contributed by atoms with E-state index in [2.05, 4.69) is 33.5 Å². The number of quaternary nitrogens is 1. The van der Waals surface area contributed by atoms with Crippen molar-refractivity contribution in [3.63, 3.8) is 0 Å². The molecular formula is C17H28N2O3. The number of benzene rings is 1. The molecule has 0 aliphatic carbocycles. The molecule has 5 heteroatoms. The van der Waals surface area contributed by atoms with Crippen molar-refractivity contribution >= 4 is 17.6 Å². The van der Waals surface area contributed by atoms with Gasteiger partial charge in [0, 0.05) is 5.69 Å². The van der Waals surface area contributed by atoms with Gasteiger partial charge in [-0.05, 0) is 25.0 Å². The Bertz CT molecular complexity index is 468. The average molecular weight is 308 g/mol. The summed E-state index contributed by atoms with van der Waals surface area (Å²) in [7, 11) is 8.50. The van der Waals surface area contributed by atoms with Gasteiger partial charge in [-0.2, -0.15) is 0 Å². The molecule has 0 spiro atoms. The largest absolute Gasteiger partial charge is 0.549 e. The fourth-order valence-corrected chi connectivity index (χ4v) is 1.72. The molecule has 0 heterocycles. The van der Waals surface area contributed by atoms with Gasteiger partial charge >= 0.3 is 0 Å². The van der Waals surface area contributed by atoms with Crippen molar-refractivity contribution in [1.82, 2.24) is 0 Å². The summed E-state index contributed by atoms with van der Waals surface area (Å²) in [5.41, 5.74) is -0.861. The fraction of sp³-hybridized carbons (Fsp3) is 0.529. The highest BCUT2D eigenvalue weighted by Gasteiger charge is 2.36. The van der Waals surface area contributed by atoms with Crippen LogP contribution in [0.3, 0.4) is 0 Å². The molecule has 0 saturated heterocycles. The van der Waals surface area contributed by atoms with Crippen molar-refractivity contribution in [3.8, 4) is 0 Å². The first-order valence-electron chi connectivity index (χ1n) is 7.43. The molecule has 0 aliphatic rings. The van der Waals surface area contributed by atoms with E-state index < -0.39 is 17.3 Å². The Balaban J connectivity index is 0.000000763. The molecule has 124 valence electrons. The van der Waals surface area contributed by atoms with Gasteiger partial charge in [0.1, 0.15) is 0 Å². The summed E-state index contributed by atoms with van der Waals surface area (Å²) in [6.07, 6.45) is 0.426. The summed E-state index contributed by atoms with van der Waals surface area (Å²) in [6, 6.07) is 8.79. The van der Waals surface area contributed by atoms with Gasteiger partial charge in [0.25, 0.3) is 0 Å². The van der Waals surface area contributed by atoms with Gasteiger partial charge < -0.3 is 19.7 Å². The van der Waals surface area contributed by atoms with E-state index in [1.54, 1.807) is 38.1 Å². The predicted molar refractivity (Wildman–Crippen MR) is 87.1 cm³/mol. The fourth-order valence-electron chi connectivity index (χ4n) is 1.72. The zero-order valence-electron chi connectivity index (χ0n) is 14.5. The molecule has 1 N–H and O–H groups in total. The number of anilines is 1. The topological polar surface area (TPSA) is 69.2 Å². The minimum Gasteiger partial charge on any atom is -0.549 e. The van der Waals surface area contributed by atoms with E-state index in [1.807, 2.05) is 6.07 Å². The Hall–Kier alpha value is -1.88. The summed E-state index contributed by atoms with van der Waals surface area (Å²) >= 11 is 0. The highest BCUT2D eigenvalue weighted by Crippen LogP contribution is 2.27. The van der Waals surface area contributed by atoms with Crippen LogP contribution in [-0.4, -0.2) is 44.6 Å². The van der Waals surface area contributed by atoms with Gasteiger partial charge in [0.2, 0.25) is 5.91 Å². The first-order chi connectivity index (χ1) is 10.1. The first kappa shape index (κ1) is 20.1. The van der Waals surface area contributed by atoms with Crippen LogP contribution >= 0.6 is 0 Å². The van der Waals surface area contributed by atoms with Gasteiger partial charge in [0.15, 0.2) is 0 Å². The van der Waals surface area contributed by atoms with Crippen LogP contribution in [0, 0.1) is 5.41 Å². The molecule has 22 heavy (non-hydrogen) atoms. The van der Waals surface area contributed by atoms with E-state index in [0.717, 1.165) is 4.48 Å². The molecule has 0 aliphatic heterocycles. The third-order valence-corrected chi connectivity index (χ3v) is 3.06. The van der Waals surface area contributed by atoms with Crippen LogP contribution < -0.4 is 10.4 Å². The number of carboxylic acid groups (broad SMARTS) is 1. The molecule has 1 amide bonds. The monoisotopic (exact) mass is 308 g/mol. The quantitative estimate of drug-likeness (QED) is 0.662. The minimum absolute atomic E-state index is 0.213. The molecule has 1 aromatic carbocycles. The highest BCUT2D eigenvalue weighted by molar-refractivity contribution is 6.07. The summed E-state index contributed by atoms with van der Waals surface area (Å²) in [5, 5.41) is 13.7.